The van der Waals surface area contributed by atoms with E-state index in [0.717, 1.165) is 25.8 Å². The van der Waals surface area contributed by atoms with Crippen molar-refractivity contribution in [3.63, 3.8) is 0 Å². The molecule has 6 nitrogen and oxygen atoms in total. The summed E-state index contributed by atoms with van der Waals surface area (Å²) in [4.78, 5) is 25.6. The van der Waals surface area contributed by atoms with Crippen LogP contribution in [0.4, 0.5) is 4.79 Å². The lowest BCUT2D eigenvalue weighted by Gasteiger charge is -2.31. The third kappa shape index (κ3) is 3.30. The first-order valence-corrected chi connectivity index (χ1v) is 7.48. The number of ether oxygens (including phenoxy) is 1. The topological polar surface area (TPSA) is 70.7 Å². The van der Waals surface area contributed by atoms with E-state index >= 15 is 0 Å². The van der Waals surface area contributed by atoms with E-state index in [1.807, 2.05) is 0 Å². The van der Waals surface area contributed by atoms with Crippen LogP contribution in [-0.2, 0) is 9.53 Å². The predicted octanol–water partition coefficient (Wildman–Crippen LogP) is 0.723. The highest BCUT2D eigenvalue weighted by Crippen LogP contribution is 2.24. The van der Waals surface area contributed by atoms with Gasteiger partial charge in [0.1, 0.15) is 5.54 Å². The maximum Gasteiger partial charge on any atom is 0.325 e. The molecular weight excluding hydrogens is 258 g/mol. The van der Waals surface area contributed by atoms with Gasteiger partial charge < -0.3 is 15.4 Å². The summed E-state index contributed by atoms with van der Waals surface area (Å²) in [6.07, 6.45) is 2.62. The number of piperidine rings is 1. The van der Waals surface area contributed by atoms with Crippen molar-refractivity contribution < 1.29 is 14.3 Å². The van der Waals surface area contributed by atoms with E-state index in [4.69, 9.17) is 4.74 Å². The van der Waals surface area contributed by atoms with Gasteiger partial charge in [0, 0.05) is 13.2 Å². The second-order valence-corrected chi connectivity index (χ2v) is 6.04. The maximum absolute atomic E-state index is 12.4. The number of hydrogen-bond donors (Lipinski definition) is 2. The van der Waals surface area contributed by atoms with Gasteiger partial charge in [0.25, 0.3) is 5.91 Å². The van der Waals surface area contributed by atoms with Gasteiger partial charge in [-0.3, -0.25) is 9.69 Å². The van der Waals surface area contributed by atoms with Gasteiger partial charge >= 0.3 is 6.03 Å². The standard InChI is InChI=1S/C14H25N3O3/c1-11(2)4-8-20-9-7-17-12(18)14(16-13(17)19)5-3-6-15-10-14/h11,15H,3-10H2,1-2H3,(H,16,19). The highest BCUT2D eigenvalue weighted by molar-refractivity contribution is 6.07. The Morgan fingerprint density at radius 2 is 2.15 bits per heavy atom. The minimum atomic E-state index is -0.715. The molecule has 3 amide bonds. The number of nitrogens with one attached hydrogen (secondary N) is 2. The number of hydrogen-bond acceptors (Lipinski definition) is 4. The molecule has 0 saturated carbocycles. The molecular formula is C14H25N3O3. The summed E-state index contributed by atoms with van der Waals surface area (Å²) in [6.45, 7) is 7.14. The number of amides is 3. The summed E-state index contributed by atoms with van der Waals surface area (Å²) in [6, 6.07) is -0.286. The molecule has 20 heavy (non-hydrogen) atoms. The second-order valence-electron chi connectivity index (χ2n) is 6.04. The maximum atomic E-state index is 12.4. The van der Waals surface area contributed by atoms with E-state index in [1.54, 1.807) is 0 Å². The Balaban J connectivity index is 1.80. The van der Waals surface area contributed by atoms with E-state index < -0.39 is 5.54 Å². The summed E-state index contributed by atoms with van der Waals surface area (Å²) in [5, 5.41) is 6.03. The van der Waals surface area contributed by atoms with Crippen LogP contribution < -0.4 is 10.6 Å². The van der Waals surface area contributed by atoms with Crippen LogP contribution in [0.25, 0.3) is 0 Å². The van der Waals surface area contributed by atoms with Crippen molar-refractivity contribution in [2.75, 3.05) is 32.8 Å². The lowest BCUT2D eigenvalue weighted by molar-refractivity contribution is -0.132. The van der Waals surface area contributed by atoms with Crippen molar-refractivity contribution in [2.24, 2.45) is 5.92 Å². The van der Waals surface area contributed by atoms with Crippen LogP contribution >= 0.6 is 0 Å². The summed E-state index contributed by atoms with van der Waals surface area (Å²) >= 11 is 0. The summed E-state index contributed by atoms with van der Waals surface area (Å²) in [5.41, 5.74) is -0.715. The molecule has 2 heterocycles. The molecule has 0 aromatic rings. The molecule has 2 fully saturated rings. The Kier molecular flexibility index (Phi) is 4.99. The predicted molar refractivity (Wildman–Crippen MR) is 75.4 cm³/mol. The smallest absolute Gasteiger partial charge is 0.325 e. The number of carbonyl (C=O) groups is 2. The molecule has 6 heteroatoms. The molecule has 1 spiro atoms. The molecule has 1 atom stereocenters. The monoisotopic (exact) mass is 283 g/mol. The van der Waals surface area contributed by atoms with Crippen LogP contribution in [0.2, 0.25) is 0 Å². The lowest BCUT2D eigenvalue weighted by Crippen LogP contribution is -2.57. The van der Waals surface area contributed by atoms with Crippen LogP contribution in [0.5, 0.6) is 0 Å². The van der Waals surface area contributed by atoms with Gasteiger partial charge in [-0.05, 0) is 31.7 Å². The van der Waals surface area contributed by atoms with Crippen LogP contribution in [-0.4, -0.2) is 55.2 Å². The molecule has 0 aromatic carbocycles. The molecule has 2 N–H and O–H groups in total. The van der Waals surface area contributed by atoms with Crippen molar-refractivity contribution >= 4 is 11.9 Å². The van der Waals surface area contributed by atoms with Gasteiger partial charge in [-0.2, -0.15) is 0 Å². The minimum Gasteiger partial charge on any atom is -0.380 e. The first-order chi connectivity index (χ1) is 9.55. The van der Waals surface area contributed by atoms with E-state index in [-0.39, 0.29) is 11.9 Å². The van der Waals surface area contributed by atoms with Crippen molar-refractivity contribution in [1.82, 2.24) is 15.5 Å². The molecule has 114 valence electrons. The number of imide groups is 1. The largest absolute Gasteiger partial charge is 0.380 e. The highest BCUT2D eigenvalue weighted by atomic mass is 16.5. The van der Waals surface area contributed by atoms with Gasteiger partial charge in [-0.1, -0.05) is 13.8 Å². The second kappa shape index (κ2) is 6.54. The van der Waals surface area contributed by atoms with Gasteiger partial charge in [-0.15, -0.1) is 0 Å². The van der Waals surface area contributed by atoms with Crippen LogP contribution in [0.1, 0.15) is 33.1 Å². The third-order valence-corrected chi connectivity index (χ3v) is 3.93. The van der Waals surface area contributed by atoms with E-state index in [0.29, 0.717) is 32.2 Å². The molecule has 1 unspecified atom stereocenters. The first kappa shape index (κ1) is 15.3. The van der Waals surface area contributed by atoms with E-state index in [2.05, 4.69) is 24.5 Å². The molecule has 2 aliphatic heterocycles. The minimum absolute atomic E-state index is 0.109. The summed E-state index contributed by atoms with van der Waals surface area (Å²) in [7, 11) is 0. The fourth-order valence-corrected chi connectivity index (χ4v) is 2.65. The van der Waals surface area contributed by atoms with E-state index in [1.165, 1.54) is 4.90 Å². The number of urea groups is 1. The average Bonchev–Trinajstić information content (AvgIpc) is 2.63. The van der Waals surface area contributed by atoms with Crippen molar-refractivity contribution in [3.05, 3.63) is 0 Å². The van der Waals surface area contributed by atoms with E-state index in [9.17, 15) is 9.59 Å². The lowest BCUT2D eigenvalue weighted by atomic mass is 9.90. The zero-order chi connectivity index (χ0) is 14.6. The zero-order valence-corrected chi connectivity index (χ0v) is 12.4. The van der Waals surface area contributed by atoms with Crippen LogP contribution in [0.15, 0.2) is 0 Å². The Labute approximate surface area is 120 Å². The normalized spacial score (nSPS) is 26.6. The van der Waals surface area contributed by atoms with Crippen molar-refractivity contribution in [2.45, 2.75) is 38.6 Å². The van der Waals surface area contributed by atoms with Crippen molar-refractivity contribution in [3.8, 4) is 0 Å². The molecule has 2 aliphatic rings. The first-order valence-electron chi connectivity index (χ1n) is 7.48. The van der Waals surface area contributed by atoms with Crippen LogP contribution in [0.3, 0.4) is 0 Å². The van der Waals surface area contributed by atoms with Gasteiger partial charge in [0.2, 0.25) is 0 Å². The number of carbonyl (C=O) groups excluding carboxylic acids is 2. The third-order valence-electron chi connectivity index (χ3n) is 3.93. The zero-order valence-electron chi connectivity index (χ0n) is 12.4. The average molecular weight is 283 g/mol. The van der Waals surface area contributed by atoms with Gasteiger partial charge in [0.05, 0.1) is 13.2 Å². The molecule has 0 aromatic heterocycles. The SMILES string of the molecule is CC(C)CCOCCN1C(=O)NC2(CCCNC2)C1=O. The molecule has 0 radical (unpaired) electrons. The van der Waals surface area contributed by atoms with Crippen LogP contribution in [0, 0.1) is 5.92 Å². The Hall–Kier alpha value is -1.14. The summed E-state index contributed by atoms with van der Waals surface area (Å²) in [5.74, 6) is 0.491. The fourth-order valence-electron chi connectivity index (χ4n) is 2.65. The molecule has 0 aliphatic carbocycles. The molecule has 2 saturated heterocycles. The molecule has 2 rings (SSSR count). The quantitative estimate of drug-likeness (QED) is 0.557. The van der Waals surface area contributed by atoms with Gasteiger partial charge in [-0.25, -0.2) is 4.79 Å². The molecule has 0 bridgehead atoms. The Bertz CT molecular complexity index is 365. The number of nitrogens with zero attached hydrogens (tertiary/aromatic N) is 1. The Morgan fingerprint density at radius 1 is 1.35 bits per heavy atom. The van der Waals surface area contributed by atoms with Crippen molar-refractivity contribution in [1.29, 1.82) is 0 Å². The summed E-state index contributed by atoms with van der Waals surface area (Å²) < 4.78 is 5.49. The Morgan fingerprint density at radius 3 is 2.80 bits per heavy atom. The highest BCUT2D eigenvalue weighted by Gasteiger charge is 2.51. The number of rotatable bonds is 6. The van der Waals surface area contributed by atoms with Gasteiger partial charge in [0.15, 0.2) is 0 Å². The fraction of sp³-hybridized carbons (Fsp3) is 0.857.